The van der Waals surface area contributed by atoms with Gasteiger partial charge in [0.2, 0.25) is 0 Å². The van der Waals surface area contributed by atoms with Crippen LogP contribution >= 0.6 is 0 Å². The summed E-state index contributed by atoms with van der Waals surface area (Å²) in [5, 5.41) is 0. The normalized spacial score (nSPS) is 15.9. The number of hydrogen-bond acceptors (Lipinski definition) is 2. The van der Waals surface area contributed by atoms with Gasteiger partial charge in [0.25, 0.3) is 0 Å². The molecule has 2 aromatic rings. The maximum absolute atomic E-state index is 10.7. The maximum atomic E-state index is 10.7. The third-order valence-electron chi connectivity index (χ3n) is 4.16. The highest BCUT2D eigenvalue weighted by molar-refractivity contribution is 5.75. The minimum Gasteiger partial charge on any atom is -0.360 e. The molecule has 1 heterocycles. The molecule has 0 atom stereocenters. The lowest BCUT2D eigenvalue weighted by atomic mass is 10.1. The number of rotatable bonds is 4. The SMILES string of the molecule is O=Cc1ccc(N2CC[NH+](Cc3ccccc3)CC2)cc1. The molecular formula is C18H21N2O+. The van der Waals surface area contributed by atoms with Gasteiger partial charge in [-0.15, -0.1) is 0 Å². The van der Waals surface area contributed by atoms with E-state index in [1.54, 1.807) is 4.90 Å². The molecule has 1 aliphatic heterocycles. The molecule has 0 aliphatic carbocycles. The van der Waals surface area contributed by atoms with Crippen molar-refractivity contribution in [1.29, 1.82) is 0 Å². The molecule has 0 unspecified atom stereocenters. The van der Waals surface area contributed by atoms with Crippen LogP contribution in [0.1, 0.15) is 15.9 Å². The predicted molar refractivity (Wildman–Crippen MR) is 84.9 cm³/mol. The molecule has 1 saturated heterocycles. The fourth-order valence-corrected chi connectivity index (χ4v) is 2.91. The van der Waals surface area contributed by atoms with E-state index in [0.717, 1.165) is 44.6 Å². The lowest BCUT2D eigenvalue weighted by Crippen LogP contribution is -3.13. The van der Waals surface area contributed by atoms with Crippen molar-refractivity contribution in [3.8, 4) is 0 Å². The van der Waals surface area contributed by atoms with Crippen molar-refractivity contribution in [3.63, 3.8) is 0 Å². The molecule has 1 aliphatic rings. The van der Waals surface area contributed by atoms with Crippen molar-refractivity contribution in [3.05, 3.63) is 65.7 Å². The Bertz CT molecular complexity index is 572. The number of quaternary nitrogens is 1. The fraction of sp³-hybridized carbons (Fsp3) is 0.278. The Kier molecular flexibility index (Phi) is 4.31. The number of hydrogen-bond donors (Lipinski definition) is 1. The zero-order chi connectivity index (χ0) is 14.5. The summed E-state index contributed by atoms with van der Waals surface area (Å²) in [6.45, 7) is 5.57. The summed E-state index contributed by atoms with van der Waals surface area (Å²) >= 11 is 0. The number of nitrogens with zero attached hydrogens (tertiary/aromatic N) is 1. The summed E-state index contributed by atoms with van der Waals surface area (Å²) in [5.74, 6) is 0. The van der Waals surface area contributed by atoms with Gasteiger partial charge in [0.15, 0.2) is 0 Å². The van der Waals surface area contributed by atoms with Crippen LogP contribution in [0.5, 0.6) is 0 Å². The Morgan fingerprint density at radius 3 is 2.24 bits per heavy atom. The van der Waals surface area contributed by atoms with Crippen LogP contribution in [0.15, 0.2) is 54.6 Å². The number of carbonyl (C=O) groups excluding carboxylic acids is 1. The second-order valence-corrected chi connectivity index (χ2v) is 5.61. The topological polar surface area (TPSA) is 24.8 Å². The monoisotopic (exact) mass is 281 g/mol. The summed E-state index contributed by atoms with van der Waals surface area (Å²) in [6, 6.07) is 18.6. The van der Waals surface area contributed by atoms with E-state index < -0.39 is 0 Å². The van der Waals surface area contributed by atoms with Crippen LogP contribution in [-0.4, -0.2) is 32.5 Å². The number of aldehydes is 1. The zero-order valence-electron chi connectivity index (χ0n) is 12.2. The Balaban J connectivity index is 1.56. The Hall–Kier alpha value is -2.13. The van der Waals surface area contributed by atoms with Gasteiger partial charge in [0.1, 0.15) is 12.8 Å². The minimum absolute atomic E-state index is 0.743. The minimum atomic E-state index is 0.743. The second-order valence-electron chi connectivity index (χ2n) is 5.61. The van der Waals surface area contributed by atoms with E-state index in [1.165, 1.54) is 11.3 Å². The summed E-state index contributed by atoms with van der Waals surface area (Å²) < 4.78 is 0. The van der Waals surface area contributed by atoms with Crippen molar-refractivity contribution < 1.29 is 9.69 Å². The van der Waals surface area contributed by atoms with Crippen LogP contribution in [0, 0.1) is 0 Å². The van der Waals surface area contributed by atoms with Gasteiger partial charge in [-0.25, -0.2) is 0 Å². The van der Waals surface area contributed by atoms with Crippen molar-refractivity contribution in [2.24, 2.45) is 0 Å². The lowest BCUT2D eigenvalue weighted by molar-refractivity contribution is -0.914. The van der Waals surface area contributed by atoms with Crippen molar-refractivity contribution >= 4 is 12.0 Å². The largest absolute Gasteiger partial charge is 0.360 e. The first-order valence-corrected chi connectivity index (χ1v) is 7.53. The second kappa shape index (κ2) is 6.55. The molecule has 0 spiro atoms. The Labute approximate surface area is 125 Å². The Morgan fingerprint density at radius 2 is 1.62 bits per heavy atom. The Morgan fingerprint density at radius 1 is 0.952 bits per heavy atom. The fourth-order valence-electron chi connectivity index (χ4n) is 2.91. The predicted octanol–water partition coefficient (Wildman–Crippen LogP) is 1.40. The molecule has 1 fully saturated rings. The molecular weight excluding hydrogens is 260 g/mol. The van der Waals surface area contributed by atoms with Gasteiger partial charge in [0, 0.05) is 16.8 Å². The summed E-state index contributed by atoms with van der Waals surface area (Å²) in [5.41, 5.74) is 3.38. The van der Waals surface area contributed by atoms with E-state index in [9.17, 15) is 4.79 Å². The van der Waals surface area contributed by atoms with E-state index in [1.807, 2.05) is 24.3 Å². The van der Waals surface area contributed by atoms with E-state index in [-0.39, 0.29) is 0 Å². The molecule has 3 rings (SSSR count). The van der Waals surface area contributed by atoms with Crippen LogP contribution in [0.3, 0.4) is 0 Å². The number of carbonyl (C=O) groups is 1. The van der Waals surface area contributed by atoms with Gasteiger partial charge in [0.05, 0.1) is 26.2 Å². The molecule has 21 heavy (non-hydrogen) atoms. The van der Waals surface area contributed by atoms with Crippen molar-refractivity contribution in [1.82, 2.24) is 0 Å². The van der Waals surface area contributed by atoms with Gasteiger partial charge in [-0.1, -0.05) is 30.3 Å². The molecule has 108 valence electrons. The maximum Gasteiger partial charge on any atom is 0.150 e. The van der Waals surface area contributed by atoms with E-state index >= 15 is 0 Å². The first kappa shape index (κ1) is 13.8. The lowest BCUT2D eigenvalue weighted by Gasteiger charge is -2.33. The molecule has 0 bridgehead atoms. The molecule has 3 heteroatoms. The molecule has 1 N–H and O–H groups in total. The van der Waals surface area contributed by atoms with Crippen LogP contribution in [0.4, 0.5) is 5.69 Å². The summed E-state index contributed by atoms with van der Waals surface area (Å²) in [6.07, 6.45) is 0.895. The van der Waals surface area contributed by atoms with Crippen molar-refractivity contribution in [2.75, 3.05) is 31.1 Å². The number of anilines is 1. The van der Waals surface area contributed by atoms with Gasteiger partial charge in [-0.3, -0.25) is 4.79 Å². The van der Waals surface area contributed by atoms with E-state index in [0.29, 0.717) is 0 Å². The molecule has 2 aromatic carbocycles. The molecule has 0 aromatic heterocycles. The van der Waals surface area contributed by atoms with Crippen LogP contribution < -0.4 is 9.80 Å². The summed E-state index contributed by atoms with van der Waals surface area (Å²) in [7, 11) is 0. The number of benzene rings is 2. The first-order valence-electron chi connectivity index (χ1n) is 7.53. The summed E-state index contributed by atoms with van der Waals surface area (Å²) in [4.78, 5) is 14.7. The highest BCUT2D eigenvalue weighted by Gasteiger charge is 2.20. The number of nitrogens with one attached hydrogen (secondary N) is 1. The third kappa shape index (κ3) is 3.50. The zero-order valence-corrected chi connectivity index (χ0v) is 12.2. The average Bonchev–Trinajstić information content (AvgIpc) is 2.57. The smallest absolute Gasteiger partial charge is 0.150 e. The third-order valence-corrected chi connectivity index (χ3v) is 4.16. The number of piperazine rings is 1. The van der Waals surface area contributed by atoms with Gasteiger partial charge in [-0.05, 0) is 24.3 Å². The molecule has 0 saturated carbocycles. The van der Waals surface area contributed by atoms with Gasteiger partial charge < -0.3 is 9.80 Å². The van der Waals surface area contributed by atoms with Crippen molar-refractivity contribution in [2.45, 2.75) is 6.54 Å². The van der Waals surface area contributed by atoms with Crippen LogP contribution in [0.2, 0.25) is 0 Å². The quantitative estimate of drug-likeness (QED) is 0.857. The van der Waals surface area contributed by atoms with E-state index in [4.69, 9.17) is 0 Å². The molecule has 0 radical (unpaired) electrons. The molecule has 0 amide bonds. The van der Waals surface area contributed by atoms with Gasteiger partial charge in [-0.2, -0.15) is 0 Å². The standard InChI is InChI=1S/C18H20N2O/c21-15-17-6-8-18(9-7-17)20-12-10-19(11-13-20)14-16-4-2-1-3-5-16/h1-9,15H,10-14H2/p+1. The van der Waals surface area contributed by atoms with Crippen LogP contribution in [-0.2, 0) is 6.54 Å². The molecule has 3 nitrogen and oxygen atoms in total. The van der Waals surface area contributed by atoms with Gasteiger partial charge >= 0.3 is 0 Å². The highest BCUT2D eigenvalue weighted by atomic mass is 16.1. The van der Waals surface area contributed by atoms with Crippen LogP contribution in [0.25, 0.3) is 0 Å². The highest BCUT2D eigenvalue weighted by Crippen LogP contribution is 2.14. The van der Waals surface area contributed by atoms with E-state index in [2.05, 4.69) is 35.2 Å². The first-order chi connectivity index (χ1) is 10.3. The average molecular weight is 281 g/mol.